The summed E-state index contributed by atoms with van der Waals surface area (Å²) in [5.41, 5.74) is -4.72. The first kappa shape index (κ1) is 15.8. The van der Waals surface area contributed by atoms with Crippen molar-refractivity contribution >= 4 is 17.6 Å². The van der Waals surface area contributed by atoms with Crippen molar-refractivity contribution < 1.29 is 23.1 Å². The van der Waals surface area contributed by atoms with E-state index in [-0.39, 0.29) is 16.8 Å². The number of aromatic carboxylic acids is 1. The second-order valence-electron chi connectivity index (χ2n) is 4.13. The topological polar surface area (TPSA) is 92.2 Å². The lowest BCUT2D eigenvalue weighted by atomic mass is 10.2. The Morgan fingerprint density at radius 3 is 2.36 bits per heavy atom. The predicted octanol–water partition coefficient (Wildman–Crippen LogP) is 1.90. The first-order valence-corrected chi connectivity index (χ1v) is 5.96. The minimum atomic E-state index is -4.89. The van der Waals surface area contributed by atoms with Crippen molar-refractivity contribution in [3.63, 3.8) is 0 Å². The lowest BCUT2D eigenvalue weighted by Crippen LogP contribution is -2.35. The van der Waals surface area contributed by atoms with Gasteiger partial charge in [-0.25, -0.2) is 14.2 Å². The predicted molar refractivity (Wildman–Crippen MR) is 69.6 cm³/mol. The highest BCUT2D eigenvalue weighted by Gasteiger charge is 2.33. The summed E-state index contributed by atoms with van der Waals surface area (Å²) in [6.07, 6.45) is -4.89. The molecule has 0 bridgehead atoms. The lowest BCUT2D eigenvalue weighted by Gasteiger charge is -2.09. The van der Waals surface area contributed by atoms with Crippen LogP contribution in [-0.4, -0.2) is 20.6 Å². The maximum absolute atomic E-state index is 12.5. The summed E-state index contributed by atoms with van der Waals surface area (Å²) < 4.78 is 37.8. The summed E-state index contributed by atoms with van der Waals surface area (Å²) in [7, 11) is 0. The molecule has 0 aliphatic carbocycles. The van der Waals surface area contributed by atoms with Crippen LogP contribution in [0.5, 0.6) is 0 Å². The molecule has 22 heavy (non-hydrogen) atoms. The number of carboxylic acid groups (broad SMARTS) is 1. The maximum atomic E-state index is 12.5. The van der Waals surface area contributed by atoms with Gasteiger partial charge in [0, 0.05) is 6.07 Å². The van der Waals surface area contributed by atoms with E-state index in [4.69, 9.17) is 16.7 Å². The number of aromatic amines is 1. The quantitative estimate of drug-likeness (QED) is 0.877. The summed E-state index contributed by atoms with van der Waals surface area (Å²) in [4.78, 5) is 35.9. The third-order valence-electron chi connectivity index (χ3n) is 2.68. The average molecular weight is 335 g/mol. The van der Waals surface area contributed by atoms with Crippen LogP contribution in [0.25, 0.3) is 5.69 Å². The first-order chi connectivity index (χ1) is 10.1. The van der Waals surface area contributed by atoms with E-state index >= 15 is 0 Å². The van der Waals surface area contributed by atoms with E-state index in [0.717, 1.165) is 18.2 Å². The maximum Gasteiger partial charge on any atom is 0.431 e. The molecular formula is C12H6ClF3N2O4. The summed E-state index contributed by atoms with van der Waals surface area (Å²) >= 11 is 5.64. The minimum Gasteiger partial charge on any atom is -0.478 e. The molecule has 1 heterocycles. The molecule has 10 heteroatoms. The Bertz CT molecular complexity index is 839. The fourth-order valence-electron chi connectivity index (χ4n) is 1.71. The Morgan fingerprint density at radius 1 is 1.23 bits per heavy atom. The normalized spacial score (nSPS) is 11.5. The Morgan fingerprint density at radius 2 is 1.86 bits per heavy atom. The molecule has 2 N–H and O–H groups in total. The number of rotatable bonds is 2. The number of carboxylic acids is 1. The van der Waals surface area contributed by atoms with Gasteiger partial charge in [-0.1, -0.05) is 11.6 Å². The van der Waals surface area contributed by atoms with Crippen molar-refractivity contribution in [3.05, 3.63) is 61.4 Å². The molecule has 0 aliphatic rings. The third kappa shape index (κ3) is 2.89. The zero-order chi connectivity index (χ0) is 16.7. The van der Waals surface area contributed by atoms with Crippen LogP contribution in [0.3, 0.4) is 0 Å². The van der Waals surface area contributed by atoms with E-state index in [1.54, 1.807) is 0 Å². The van der Waals surface area contributed by atoms with E-state index < -0.39 is 34.7 Å². The van der Waals surface area contributed by atoms with Gasteiger partial charge in [0.1, 0.15) is 5.69 Å². The van der Waals surface area contributed by atoms with Crippen molar-refractivity contribution in [3.8, 4) is 5.69 Å². The number of H-pyrrole nitrogens is 1. The van der Waals surface area contributed by atoms with E-state index in [1.807, 2.05) is 0 Å². The van der Waals surface area contributed by atoms with Crippen molar-refractivity contribution in [2.24, 2.45) is 0 Å². The highest BCUT2D eigenvalue weighted by molar-refractivity contribution is 6.33. The van der Waals surface area contributed by atoms with Gasteiger partial charge in [0.15, 0.2) is 0 Å². The Balaban J connectivity index is 2.70. The standard InChI is InChI=1S/C12H6ClF3N2O4/c13-7-2-1-5(3-6(7)10(20)21)18-9(19)4-8(12(14,15)16)17-11(18)22/h1-4H,(H,17,22)(H,20,21). The van der Waals surface area contributed by atoms with Crippen LogP contribution >= 0.6 is 11.6 Å². The van der Waals surface area contributed by atoms with Crippen LogP contribution < -0.4 is 11.2 Å². The van der Waals surface area contributed by atoms with Gasteiger partial charge in [-0.3, -0.25) is 4.79 Å². The number of hydrogen-bond donors (Lipinski definition) is 2. The molecule has 2 aromatic rings. The van der Waals surface area contributed by atoms with Gasteiger partial charge in [0.05, 0.1) is 16.3 Å². The number of nitrogens with one attached hydrogen (secondary N) is 1. The van der Waals surface area contributed by atoms with Gasteiger partial charge >= 0.3 is 17.8 Å². The van der Waals surface area contributed by atoms with Crippen LogP contribution in [0.15, 0.2) is 33.9 Å². The highest BCUT2D eigenvalue weighted by Crippen LogP contribution is 2.25. The number of carbonyl (C=O) groups is 1. The van der Waals surface area contributed by atoms with Gasteiger partial charge in [-0.05, 0) is 18.2 Å². The molecule has 0 saturated heterocycles. The summed E-state index contributed by atoms with van der Waals surface area (Å²) in [5, 5.41) is 8.77. The fourth-order valence-corrected chi connectivity index (χ4v) is 1.91. The van der Waals surface area contributed by atoms with Crippen molar-refractivity contribution in [1.29, 1.82) is 0 Å². The number of halogens is 4. The summed E-state index contributed by atoms with van der Waals surface area (Å²) in [6, 6.07) is 3.37. The van der Waals surface area contributed by atoms with Gasteiger partial charge in [0.25, 0.3) is 5.56 Å². The number of benzene rings is 1. The van der Waals surface area contributed by atoms with E-state index in [9.17, 15) is 27.6 Å². The summed E-state index contributed by atoms with van der Waals surface area (Å²) in [5.74, 6) is -1.41. The van der Waals surface area contributed by atoms with Crippen LogP contribution in [0.4, 0.5) is 13.2 Å². The third-order valence-corrected chi connectivity index (χ3v) is 3.01. The number of alkyl halides is 3. The first-order valence-electron chi connectivity index (χ1n) is 5.58. The fraction of sp³-hybridized carbons (Fsp3) is 0.0833. The van der Waals surface area contributed by atoms with E-state index in [1.165, 1.54) is 4.98 Å². The molecular weight excluding hydrogens is 329 g/mol. The van der Waals surface area contributed by atoms with Crippen LogP contribution in [0, 0.1) is 0 Å². The molecule has 0 unspecified atom stereocenters. The number of aromatic nitrogens is 2. The summed E-state index contributed by atoms with van der Waals surface area (Å²) in [6.45, 7) is 0. The van der Waals surface area contributed by atoms with E-state index in [0.29, 0.717) is 4.57 Å². The molecule has 6 nitrogen and oxygen atoms in total. The largest absolute Gasteiger partial charge is 0.478 e. The van der Waals surface area contributed by atoms with Gasteiger partial charge in [-0.2, -0.15) is 13.2 Å². The molecule has 116 valence electrons. The molecule has 0 amide bonds. The second-order valence-corrected chi connectivity index (χ2v) is 4.54. The van der Waals surface area contributed by atoms with Gasteiger partial charge in [-0.15, -0.1) is 0 Å². The molecule has 0 atom stereocenters. The molecule has 0 fully saturated rings. The number of nitrogens with zero attached hydrogens (tertiary/aromatic N) is 1. The van der Waals surface area contributed by atoms with Crippen LogP contribution in [-0.2, 0) is 6.18 Å². The Kier molecular flexibility index (Phi) is 3.84. The molecule has 0 aliphatic heterocycles. The SMILES string of the molecule is O=C(O)c1cc(-n2c(=O)cc(C(F)(F)F)[nH]c2=O)ccc1Cl. The minimum absolute atomic E-state index is 0.146. The van der Waals surface area contributed by atoms with Gasteiger partial charge < -0.3 is 10.1 Å². The van der Waals surface area contributed by atoms with E-state index in [2.05, 4.69) is 0 Å². The average Bonchev–Trinajstić information content (AvgIpc) is 2.38. The zero-order valence-corrected chi connectivity index (χ0v) is 11.2. The number of hydrogen-bond acceptors (Lipinski definition) is 3. The Labute approximate surface area is 124 Å². The molecule has 1 aromatic carbocycles. The Hall–Kier alpha value is -2.55. The van der Waals surface area contributed by atoms with Crippen molar-refractivity contribution in [2.75, 3.05) is 0 Å². The molecule has 1 aromatic heterocycles. The lowest BCUT2D eigenvalue weighted by molar-refractivity contribution is -0.141. The molecule has 0 spiro atoms. The second kappa shape index (κ2) is 5.34. The molecule has 0 radical (unpaired) electrons. The molecule has 0 saturated carbocycles. The van der Waals surface area contributed by atoms with Crippen molar-refractivity contribution in [2.45, 2.75) is 6.18 Å². The van der Waals surface area contributed by atoms with Crippen molar-refractivity contribution in [1.82, 2.24) is 9.55 Å². The van der Waals surface area contributed by atoms with Crippen LogP contribution in [0.2, 0.25) is 5.02 Å². The smallest absolute Gasteiger partial charge is 0.431 e. The zero-order valence-electron chi connectivity index (χ0n) is 10.4. The molecule has 2 rings (SSSR count). The highest BCUT2D eigenvalue weighted by atomic mass is 35.5. The van der Waals surface area contributed by atoms with Crippen LogP contribution in [0.1, 0.15) is 16.1 Å². The monoisotopic (exact) mass is 334 g/mol. The van der Waals surface area contributed by atoms with Gasteiger partial charge in [0.2, 0.25) is 0 Å².